The summed E-state index contributed by atoms with van der Waals surface area (Å²) in [5.41, 5.74) is 0.504. The van der Waals surface area contributed by atoms with Gasteiger partial charge in [-0.2, -0.15) is 0 Å². The summed E-state index contributed by atoms with van der Waals surface area (Å²) >= 11 is 5.71. The van der Waals surface area contributed by atoms with E-state index in [1.165, 1.54) is 25.5 Å². The Balaban J connectivity index is 1.56. The Morgan fingerprint density at radius 3 is 3.00 bits per heavy atom. The van der Waals surface area contributed by atoms with Gasteiger partial charge in [0.15, 0.2) is 0 Å². The Morgan fingerprint density at radius 1 is 1.27 bits per heavy atom. The van der Waals surface area contributed by atoms with Gasteiger partial charge in [-0.15, -0.1) is 10.2 Å². The third-order valence-electron chi connectivity index (χ3n) is 3.81. The zero-order chi connectivity index (χ0) is 15.4. The van der Waals surface area contributed by atoms with Gasteiger partial charge in [-0.3, -0.25) is 4.79 Å². The smallest absolute Gasteiger partial charge is 0.252 e. The maximum atomic E-state index is 12.0. The van der Waals surface area contributed by atoms with Crippen LogP contribution < -0.4 is 5.32 Å². The van der Waals surface area contributed by atoms with Crippen LogP contribution in [0.1, 0.15) is 41.3 Å². The first-order chi connectivity index (χ1) is 10.7. The monoisotopic (exact) mass is 319 g/mol. The highest BCUT2D eigenvalue weighted by Crippen LogP contribution is 2.14. The molecule has 0 saturated heterocycles. The summed E-state index contributed by atoms with van der Waals surface area (Å²) in [5.74, 6) is 1.87. The number of amides is 1. The van der Waals surface area contributed by atoms with Crippen molar-refractivity contribution in [1.29, 1.82) is 0 Å². The lowest BCUT2D eigenvalue weighted by atomic mass is 10.2. The summed E-state index contributed by atoms with van der Waals surface area (Å²) in [6.07, 6.45) is 6.73. The number of fused-ring (bicyclic) bond motifs is 1. The topological polar surface area (TPSA) is 72.7 Å². The zero-order valence-corrected chi connectivity index (χ0v) is 13.0. The van der Waals surface area contributed by atoms with Gasteiger partial charge < -0.3 is 9.88 Å². The minimum Gasteiger partial charge on any atom is -0.352 e. The van der Waals surface area contributed by atoms with Crippen molar-refractivity contribution in [1.82, 2.24) is 25.1 Å². The number of halogens is 1. The van der Waals surface area contributed by atoms with Crippen molar-refractivity contribution in [2.45, 2.75) is 38.6 Å². The number of hydrogen-bond donors (Lipinski definition) is 1. The molecule has 0 unspecified atom stereocenters. The van der Waals surface area contributed by atoms with Crippen molar-refractivity contribution >= 4 is 17.5 Å². The number of pyridine rings is 1. The molecule has 0 aliphatic carbocycles. The fourth-order valence-electron chi connectivity index (χ4n) is 2.63. The van der Waals surface area contributed by atoms with E-state index in [-0.39, 0.29) is 5.91 Å². The number of rotatable bonds is 4. The molecule has 0 atom stereocenters. The summed E-state index contributed by atoms with van der Waals surface area (Å²) in [6, 6.07) is 3.27. The summed E-state index contributed by atoms with van der Waals surface area (Å²) < 4.78 is 2.20. The summed E-state index contributed by atoms with van der Waals surface area (Å²) in [7, 11) is 0. The van der Waals surface area contributed by atoms with Crippen molar-refractivity contribution in [3.63, 3.8) is 0 Å². The minimum absolute atomic E-state index is 0.153. The van der Waals surface area contributed by atoms with Gasteiger partial charge in [0.1, 0.15) is 16.8 Å². The number of hydrogen-bond acceptors (Lipinski definition) is 4. The second kappa shape index (κ2) is 6.87. The molecule has 0 spiro atoms. The Kier molecular flexibility index (Phi) is 4.68. The van der Waals surface area contributed by atoms with Crippen LogP contribution in [-0.2, 0) is 19.4 Å². The molecule has 0 bridgehead atoms. The van der Waals surface area contributed by atoms with Crippen LogP contribution in [0, 0.1) is 0 Å². The van der Waals surface area contributed by atoms with E-state index in [0.717, 1.165) is 24.6 Å². The molecule has 3 rings (SSSR count). The van der Waals surface area contributed by atoms with E-state index >= 15 is 0 Å². The first-order valence-corrected chi connectivity index (χ1v) is 7.92. The van der Waals surface area contributed by atoms with Gasteiger partial charge in [-0.1, -0.05) is 18.0 Å². The molecule has 3 heterocycles. The fourth-order valence-corrected chi connectivity index (χ4v) is 2.74. The van der Waals surface area contributed by atoms with Crippen LogP contribution in [0.3, 0.4) is 0 Å². The summed E-state index contributed by atoms with van der Waals surface area (Å²) in [5, 5.41) is 11.8. The zero-order valence-electron chi connectivity index (χ0n) is 12.3. The lowest BCUT2D eigenvalue weighted by Crippen LogP contribution is -2.26. The van der Waals surface area contributed by atoms with Gasteiger partial charge in [0.05, 0.1) is 5.56 Å². The van der Waals surface area contributed by atoms with Crippen LogP contribution in [0.25, 0.3) is 0 Å². The van der Waals surface area contributed by atoms with Crippen LogP contribution in [0.2, 0.25) is 5.15 Å². The molecule has 0 aromatic carbocycles. The van der Waals surface area contributed by atoms with Crippen molar-refractivity contribution in [2.24, 2.45) is 0 Å². The molecule has 2 aromatic rings. The van der Waals surface area contributed by atoms with Gasteiger partial charge >= 0.3 is 0 Å². The maximum Gasteiger partial charge on any atom is 0.252 e. The van der Waals surface area contributed by atoms with Crippen LogP contribution in [-0.4, -0.2) is 32.2 Å². The highest BCUT2D eigenvalue weighted by molar-refractivity contribution is 6.29. The van der Waals surface area contributed by atoms with E-state index < -0.39 is 0 Å². The van der Waals surface area contributed by atoms with Crippen LogP contribution in [0.4, 0.5) is 0 Å². The molecule has 0 radical (unpaired) electrons. The number of carbonyl (C=O) groups is 1. The molecule has 6 nitrogen and oxygen atoms in total. The van der Waals surface area contributed by atoms with Crippen molar-refractivity contribution in [2.75, 3.05) is 6.54 Å². The Hall–Kier alpha value is -1.95. The maximum absolute atomic E-state index is 12.0. The SMILES string of the molecule is O=C(NCCc1nnc2n1CCCCC2)c1ccc(Cl)nc1. The van der Waals surface area contributed by atoms with Gasteiger partial charge in [-0.25, -0.2) is 4.98 Å². The van der Waals surface area contributed by atoms with E-state index in [9.17, 15) is 4.79 Å². The van der Waals surface area contributed by atoms with Gasteiger partial charge in [0.25, 0.3) is 5.91 Å². The van der Waals surface area contributed by atoms with E-state index in [2.05, 4.69) is 25.1 Å². The Morgan fingerprint density at radius 2 is 2.18 bits per heavy atom. The Bertz CT molecular complexity index is 652. The lowest BCUT2D eigenvalue weighted by molar-refractivity contribution is 0.0953. The summed E-state index contributed by atoms with van der Waals surface area (Å²) in [4.78, 5) is 15.9. The molecule has 1 aliphatic rings. The molecule has 2 aromatic heterocycles. The average Bonchev–Trinajstić information content (AvgIpc) is 2.76. The molecule has 7 heteroatoms. The first-order valence-electron chi connectivity index (χ1n) is 7.55. The third-order valence-corrected chi connectivity index (χ3v) is 4.03. The molecular weight excluding hydrogens is 302 g/mol. The van der Waals surface area contributed by atoms with E-state index in [0.29, 0.717) is 23.7 Å². The fraction of sp³-hybridized carbons (Fsp3) is 0.467. The second-order valence-corrected chi connectivity index (χ2v) is 5.76. The highest BCUT2D eigenvalue weighted by atomic mass is 35.5. The number of nitrogens with zero attached hydrogens (tertiary/aromatic N) is 4. The average molecular weight is 320 g/mol. The van der Waals surface area contributed by atoms with Gasteiger partial charge in [0.2, 0.25) is 0 Å². The van der Waals surface area contributed by atoms with Crippen molar-refractivity contribution < 1.29 is 4.79 Å². The van der Waals surface area contributed by atoms with Crippen molar-refractivity contribution in [3.05, 3.63) is 40.7 Å². The minimum atomic E-state index is -0.153. The largest absolute Gasteiger partial charge is 0.352 e. The van der Waals surface area contributed by atoms with Crippen molar-refractivity contribution in [3.8, 4) is 0 Å². The molecule has 116 valence electrons. The van der Waals surface area contributed by atoms with E-state index in [1.807, 2.05) is 0 Å². The lowest BCUT2D eigenvalue weighted by Gasteiger charge is -2.08. The van der Waals surface area contributed by atoms with Gasteiger partial charge in [-0.05, 0) is 25.0 Å². The Labute approximate surface area is 133 Å². The number of nitrogens with one attached hydrogen (secondary N) is 1. The molecule has 1 N–H and O–H groups in total. The number of aromatic nitrogens is 4. The predicted molar refractivity (Wildman–Crippen MR) is 82.9 cm³/mol. The molecular formula is C15H18ClN5O. The number of carbonyl (C=O) groups excluding carboxylic acids is 1. The van der Waals surface area contributed by atoms with Gasteiger partial charge in [0, 0.05) is 32.1 Å². The molecule has 0 fully saturated rings. The van der Waals surface area contributed by atoms with Crippen LogP contribution in [0.5, 0.6) is 0 Å². The predicted octanol–water partition coefficient (Wildman–Crippen LogP) is 2.03. The first kappa shape index (κ1) is 15.0. The van der Waals surface area contributed by atoms with Crippen LogP contribution >= 0.6 is 11.6 Å². The normalized spacial score (nSPS) is 14.2. The standard InChI is InChI=1S/C15H18ClN5O/c16-12-6-5-11(10-18-12)15(22)17-8-7-14-20-19-13-4-2-1-3-9-21(13)14/h5-6,10H,1-4,7-9H2,(H,17,22). The van der Waals surface area contributed by atoms with E-state index in [4.69, 9.17) is 11.6 Å². The highest BCUT2D eigenvalue weighted by Gasteiger charge is 2.14. The molecule has 0 saturated carbocycles. The quantitative estimate of drug-likeness (QED) is 0.875. The number of aryl methyl sites for hydroxylation is 1. The molecule has 22 heavy (non-hydrogen) atoms. The van der Waals surface area contributed by atoms with Crippen LogP contribution in [0.15, 0.2) is 18.3 Å². The third kappa shape index (κ3) is 3.44. The summed E-state index contributed by atoms with van der Waals surface area (Å²) in [6.45, 7) is 1.51. The second-order valence-electron chi connectivity index (χ2n) is 5.37. The molecule has 1 amide bonds. The van der Waals surface area contributed by atoms with E-state index in [1.54, 1.807) is 12.1 Å². The molecule has 1 aliphatic heterocycles.